The molecule has 0 aromatic carbocycles. The van der Waals surface area contributed by atoms with E-state index < -0.39 is 11.4 Å². The van der Waals surface area contributed by atoms with Gasteiger partial charge in [-0.3, -0.25) is 4.79 Å². The van der Waals surface area contributed by atoms with Gasteiger partial charge in [0.2, 0.25) is 5.78 Å². The highest BCUT2D eigenvalue weighted by Gasteiger charge is 2.63. The average Bonchev–Trinajstić information content (AvgIpc) is 2.84. The molecule has 0 radical (unpaired) electrons. The minimum Gasteiger partial charge on any atom is -0.411 e. The van der Waals surface area contributed by atoms with Crippen LogP contribution in [0.3, 0.4) is 0 Å². The van der Waals surface area contributed by atoms with E-state index in [0.29, 0.717) is 24.2 Å². The third-order valence-corrected chi connectivity index (χ3v) is 8.51. The van der Waals surface area contributed by atoms with Gasteiger partial charge in [0.05, 0.1) is 5.60 Å². The number of oxime groups is 2. The monoisotopic (exact) mass is 360 g/mol. The normalized spacial score (nSPS) is 51.0. The largest absolute Gasteiger partial charge is 0.411 e. The molecule has 0 heterocycles. The molecule has 3 saturated carbocycles. The van der Waals surface area contributed by atoms with Gasteiger partial charge in [0.1, 0.15) is 5.71 Å². The molecule has 6 heteroatoms. The highest BCUT2D eigenvalue weighted by atomic mass is 16.4. The highest BCUT2D eigenvalue weighted by Crippen LogP contribution is 2.66. The average molecular weight is 360 g/mol. The number of hydrogen-bond acceptors (Lipinski definition) is 6. The predicted molar refractivity (Wildman–Crippen MR) is 96.5 cm³/mol. The maximum Gasteiger partial charge on any atom is 0.232 e. The molecule has 4 rings (SSSR count). The first-order chi connectivity index (χ1) is 12.2. The second kappa shape index (κ2) is 5.41. The molecule has 0 amide bonds. The first kappa shape index (κ1) is 17.7. The van der Waals surface area contributed by atoms with Gasteiger partial charge >= 0.3 is 0 Å². The molecule has 6 nitrogen and oxygen atoms in total. The quantitative estimate of drug-likeness (QED) is 0.456. The summed E-state index contributed by atoms with van der Waals surface area (Å²) in [6.45, 7) is 6.31. The Bertz CT molecular complexity index is 753. The Labute approximate surface area is 153 Å². The van der Waals surface area contributed by atoms with Gasteiger partial charge in [-0.2, -0.15) is 0 Å². The number of allylic oxidation sites excluding steroid dienone is 2. The van der Waals surface area contributed by atoms with Crippen molar-refractivity contribution in [3.8, 4) is 0 Å². The van der Waals surface area contributed by atoms with Crippen molar-refractivity contribution in [1.82, 2.24) is 0 Å². The topological polar surface area (TPSA) is 102 Å². The summed E-state index contributed by atoms with van der Waals surface area (Å²) in [7, 11) is 0. The first-order valence-electron chi connectivity index (χ1n) is 9.60. The minimum absolute atomic E-state index is 0.0248. The van der Waals surface area contributed by atoms with Crippen LogP contribution >= 0.6 is 0 Å². The van der Waals surface area contributed by atoms with Crippen molar-refractivity contribution >= 4 is 17.2 Å². The van der Waals surface area contributed by atoms with E-state index >= 15 is 0 Å². The lowest BCUT2D eigenvalue weighted by Gasteiger charge is -2.57. The van der Waals surface area contributed by atoms with Crippen LogP contribution in [0.15, 0.2) is 22.0 Å². The van der Waals surface area contributed by atoms with Crippen molar-refractivity contribution in [3.63, 3.8) is 0 Å². The Morgan fingerprint density at radius 3 is 2.42 bits per heavy atom. The molecule has 3 fully saturated rings. The van der Waals surface area contributed by atoms with Crippen molar-refractivity contribution in [1.29, 1.82) is 0 Å². The fourth-order valence-corrected chi connectivity index (χ4v) is 6.80. The van der Waals surface area contributed by atoms with Crippen LogP contribution in [0, 0.1) is 28.6 Å². The predicted octanol–water partition coefficient (Wildman–Crippen LogP) is 3.15. The second-order valence-electron chi connectivity index (χ2n) is 9.42. The lowest BCUT2D eigenvalue weighted by molar-refractivity contribution is -0.113. The maximum atomic E-state index is 12.4. The SMILES string of the molecule is C[C@]12CC(=NO)C(=O)C(=NO)C1=CC[C@@H]1[C@@H]2CC[C@@]2(C)[C@H]1CC[C@]2(C)O. The van der Waals surface area contributed by atoms with E-state index in [1.54, 1.807) is 0 Å². The fourth-order valence-electron chi connectivity index (χ4n) is 6.80. The molecule has 4 aliphatic carbocycles. The standard InChI is InChI=1S/C20H28N2O4/c1-18-10-15(21-25)17(23)16(22-26)14(18)5-4-11-12(18)6-8-19(2)13(11)7-9-20(19,3)24/h5,11-13,24-26H,4,6-10H2,1-3H3/t11-,12+,13+,18-,19+,20+/m1/s1. The molecule has 0 aromatic heterocycles. The molecule has 0 unspecified atom stereocenters. The summed E-state index contributed by atoms with van der Waals surface area (Å²) in [4.78, 5) is 12.4. The van der Waals surface area contributed by atoms with Crippen LogP contribution < -0.4 is 0 Å². The minimum atomic E-state index is -0.633. The number of hydrogen-bond donors (Lipinski definition) is 3. The Kier molecular flexibility index (Phi) is 3.69. The zero-order chi connectivity index (χ0) is 18.9. The Hall–Kier alpha value is -1.69. The number of carbonyl (C=O) groups is 1. The molecule has 0 bridgehead atoms. The molecular weight excluding hydrogens is 332 g/mol. The van der Waals surface area contributed by atoms with Crippen LogP contribution in [0.1, 0.15) is 59.3 Å². The van der Waals surface area contributed by atoms with Crippen LogP contribution in [-0.2, 0) is 4.79 Å². The summed E-state index contributed by atoms with van der Waals surface area (Å²) in [5, 5.41) is 36.2. The third kappa shape index (κ3) is 1.99. The van der Waals surface area contributed by atoms with E-state index in [2.05, 4.69) is 30.2 Å². The fraction of sp³-hybridized carbons (Fsp3) is 0.750. The lowest BCUT2D eigenvalue weighted by Crippen LogP contribution is -2.56. The molecule has 26 heavy (non-hydrogen) atoms. The van der Waals surface area contributed by atoms with Gasteiger partial charge in [-0.15, -0.1) is 0 Å². The van der Waals surface area contributed by atoms with Gasteiger partial charge in [0, 0.05) is 11.8 Å². The molecule has 142 valence electrons. The third-order valence-electron chi connectivity index (χ3n) is 8.51. The molecule has 0 spiro atoms. The smallest absolute Gasteiger partial charge is 0.232 e. The zero-order valence-electron chi connectivity index (χ0n) is 15.7. The number of ketones is 1. The number of rotatable bonds is 0. The number of aliphatic hydroxyl groups is 1. The van der Waals surface area contributed by atoms with Crippen LogP contribution in [0.2, 0.25) is 0 Å². The number of carbonyl (C=O) groups excluding carboxylic acids is 1. The molecule has 4 aliphatic rings. The summed E-state index contributed by atoms with van der Waals surface area (Å²) in [6.07, 6.45) is 7.01. The lowest BCUT2D eigenvalue weighted by atomic mass is 9.47. The van der Waals surface area contributed by atoms with Crippen LogP contribution in [0.25, 0.3) is 0 Å². The maximum absolute atomic E-state index is 12.4. The van der Waals surface area contributed by atoms with Crippen molar-refractivity contribution in [3.05, 3.63) is 11.6 Å². The van der Waals surface area contributed by atoms with E-state index in [1.165, 1.54) is 0 Å². The Morgan fingerprint density at radius 1 is 1.08 bits per heavy atom. The highest BCUT2D eigenvalue weighted by molar-refractivity contribution is 6.70. The van der Waals surface area contributed by atoms with E-state index in [0.717, 1.165) is 37.7 Å². The van der Waals surface area contributed by atoms with Gasteiger partial charge in [-0.05, 0) is 67.8 Å². The van der Waals surface area contributed by atoms with Crippen molar-refractivity contribution in [2.75, 3.05) is 0 Å². The second-order valence-corrected chi connectivity index (χ2v) is 9.42. The van der Waals surface area contributed by atoms with E-state index in [-0.39, 0.29) is 22.3 Å². The van der Waals surface area contributed by atoms with Crippen molar-refractivity contribution in [2.24, 2.45) is 38.9 Å². The molecule has 0 aromatic rings. The van der Waals surface area contributed by atoms with E-state index in [1.807, 2.05) is 6.92 Å². The Balaban J connectivity index is 1.78. The van der Waals surface area contributed by atoms with Gasteiger partial charge in [-0.1, -0.05) is 30.2 Å². The molecule has 0 aliphatic heterocycles. The summed E-state index contributed by atoms with van der Waals surface area (Å²) in [6, 6.07) is 0. The molecular formula is C20H28N2O4. The van der Waals surface area contributed by atoms with Crippen LogP contribution in [0.5, 0.6) is 0 Å². The van der Waals surface area contributed by atoms with Crippen molar-refractivity contribution < 1.29 is 20.3 Å². The van der Waals surface area contributed by atoms with Gasteiger partial charge in [0.15, 0.2) is 5.71 Å². The van der Waals surface area contributed by atoms with Crippen molar-refractivity contribution in [2.45, 2.75) is 64.9 Å². The molecule has 0 saturated heterocycles. The van der Waals surface area contributed by atoms with Crippen LogP contribution in [-0.4, -0.2) is 38.3 Å². The zero-order valence-corrected chi connectivity index (χ0v) is 15.7. The molecule has 6 atom stereocenters. The summed E-state index contributed by atoms with van der Waals surface area (Å²) in [5.74, 6) is 0.690. The molecule has 3 N–H and O–H groups in total. The van der Waals surface area contributed by atoms with E-state index in [9.17, 15) is 20.3 Å². The first-order valence-corrected chi connectivity index (χ1v) is 9.60. The number of fused-ring (bicyclic) bond motifs is 5. The van der Waals surface area contributed by atoms with Gasteiger partial charge in [-0.25, -0.2) is 0 Å². The number of Topliss-reactive ketones (excluding diaryl/α,β-unsaturated/α-hetero) is 1. The Morgan fingerprint density at radius 2 is 1.77 bits per heavy atom. The van der Waals surface area contributed by atoms with Gasteiger partial charge < -0.3 is 15.5 Å². The summed E-state index contributed by atoms with van der Waals surface area (Å²) in [5.41, 5.74) is -0.197. The summed E-state index contributed by atoms with van der Waals surface area (Å²) < 4.78 is 0. The van der Waals surface area contributed by atoms with Gasteiger partial charge in [0.25, 0.3) is 0 Å². The number of nitrogens with zero attached hydrogens (tertiary/aromatic N) is 2. The summed E-state index contributed by atoms with van der Waals surface area (Å²) >= 11 is 0. The van der Waals surface area contributed by atoms with Crippen LogP contribution in [0.4, 0.5) is 0 Å². The van der Waals surface area contributed by atoms with E-state index in [4.69, 9.17) is 0 Å².